The van der Waals surface area contributed by atoms with E-state index >= 15 is 0 Å². The number of ether oxygens (including phenoxy) is 1. The summed E-state index contributed by atoms with van der Waals surface area (Å²) in [6.07, 6.45) is 1.26. The molecule has 0 atom stereocenters. The molecule has 1 heterocycles. The molecular formula is C12H13NO2. The van der Waals surface area contributed by atoms with E-state index in [2.05, 4.69) is 4.98 Å². The van der Waals surface area contributed by atoms with Gasteiger partial charge in [0.05, 0.1) is 0 Å². The van der Waals surface area contributed by atoms with Gasteiger partial charge in [-0.2, -0.15) is 0 Å². The molecule has 1 aromatic carbocycles. The van der Waals surface area contributed by atoms with Crippen molar-refractivity contribution in [3.05, 3.63) is 30.3 Å². The zero-order valence-corrected chi connectivity index (χ0v) is 8.62. The lowest BCUT2D eigenvalue weighted by molar-refractivity contribution is -0.134. The summed E-state index contributed by atoms with van der Waals surface area (Å²) in [5, 5.41) is 1.05. The van der Waals surface area contributed by atoms with Crippen molar-refractivity contribution in [3.8, 4) is 5.88 Å². The average Bonchev–Trinajstić information content (AvgIpc) is 2.59. The Morgan fingerprint density at radius 3 is 2.93 bits per heavy atom. The van der Waals surface area contributed by atoms with Gasteiger partial charge >= 0.3 is 5.97 Å². The Morgan fingerprint density at radius 2 is 2.20 bits per heavy atom. The summed E-state index contributed by atoms with van der Waals surface area (Å²) < 4.78 is 5.15. The van der Waals surface area contributed by atoms with Gasteiger partial charge in [0.15, 0.2) is 0 Å². The van der Waals surface area contributed by atoms with Gasteiger partial charge in [0.1, 0.15) is 0 Å². The molecule has 0 bridgehead atoms. The van der Waals surface area contributed by atoms with Gasteiger partial charge in [0.25, 0.3) is 0 Å². The lowest BCUT2D eigenvalue weighted by Crippen LogP contribution is -2.06. The van der Waals surface area contributed by atoms with Crippen LogP contribution in [0.1, 0.15) is 19.8 Å². The number of fused-ring (bicyclic) bond motifs is 1. The molecule has 0 aliphatic heterocycles. The average molecular weight is 203 g/mol. The van der Waals surface area contributed by atoms with E-state index in [1.165, 1.54) is 0 Å². The summed E-state index contributed by atoms with van der Waals surface area (Å²) >= 11 is 0. The maximum Gasteiger partial charge on any atom is 0.312 e. The molecule has 0 fully saturated rings. The molecule has 78 valence electrons. The molecule has 0 spiro atoms. The van der Waals surface area contributed by atoms with E-state index < -0.39 is 0 Å². The van der Waals surface area contributed by atoms with Gasteiger partial charge in [0.2, 0.25) is 5.88 Å². The lowest BCUT2D eigenvalue weighted by Gasteiger charge is -1.98. The summed E-state index contributed by atoms with van der Waals surface area (Å²) in [7, 11) is 0. The van der Waals surface area contributed by atoms with Crippen LogP contribution in [0.15, 0.2) is 30.3 Å². The van der Waals surface area contributed by atoms with E-state index in [0.717, 1.165) is 17.3 Å². The van der Waals surface area contributed by atoms with Crippen molar-refractivity contribution in [1.82, 2.24) is 4.98 Å². The Balaban J connectivity index is 2.18. The number of aromatic amines is 1. The molecule has 0 aliphatic carbocycles. The Kier molecular flexibility index (Phi) is 2.72. The maximum atomic E-state index is 11.2. The second kappa shape index (κ2) is 4.17. The molecule has 0 saturated carbocycles. The van der Waals surface area contributed by atoms with E-state index in [1.807, 2.05) is 37.3 Å². The molecule has 3 heteroatoms. The minimum atomic E-state index is -0.191. The van der Waals surface area contributed by atoms with Crippen LogP contribution in [0.4, 0.5) is 0 Å². The van der Waals surface area contributed by atoms with Gasteiger partial charge in [-0.05, 0) is 12.5 Å². The van der Waals surface area contributed by atoms with E-state index in [9.17, 15) is 4.79 Å². The van der Waals surface area contributed by atoms with Crippen LogP contribution in [0.2, 0.25) is 0 Å². The first-order valence-electron chi connectivity index (χ1n) is 5.08. The fraction of sp³-hybridized carbons (Fsp3) is 0.250. The molecule has 3 nitrogen and oxygen atoms in total. The van der Waals surface area contributed by atoms with Gasteiger partial charge in [-0.15, -0.1) is 0 Å². The number of nitrogens with one attached hydrogen (secondary N) is 1. The number of para-hydroxylation sites is 1. The molecule has 0 aliphatic rings. The standard InChI is InChI=1S/C12H13NO2/c1-2-5-12(14)15-11-8-9-6-3-4-7-10(9)13-11/h3-4,6-8,13H,2,5H2,1H3. The zero-order valence-electron chi connectivity index (χ0n) is 8.62. The SMILES string of the molecule is CCCC(=O)Oc1cc2ccccc2[nH]1. The quantitative estimate of drug-likeness (QED) is 0.779. The second-order valence-electron chi connectivity index (χ2n) is 3.44. The van der Waals surface area contributed by atoms with E-state index in [0.29, 0.717) is 12.3 Å². The van der Waals surface area contributed by atoms with Crippen molar-refractivity contribution < 1.29 is 9.53 Å². The highest BCUT2D eigenvalue weighted by molar-refractivity contribution is 5.82. The number of rotatable bonds is 3. The Morgan fingerprint density at radius 1 is 1.40 bits per heavy atom. The van der Waals surface area contributed by atoms with Gasteiger partial charge in [-0.3, -0.25) is 4.79 Å². The molecule has 0 saturated heterocycles. The van der Waals surface area contributed by atoms with Crippen LogP contribution in [0, 0.1) is 0 Å². The monoisotopic (exact) mass is 203 g/mol. The number of benzene rings is 1. The molecule has 15 heavy (non-hydrogen) atoms. The summed E-state index contributed by atoms with van der Waals surface area (Å²) in [6.45, 7) is 1.95. The molecule has 1 aromatic heterocycles. The van der Waals surface area contributed by atoms with Crippen LogP contribution in [0.25, 0.3) is 10.9 Å². The van der Waals surface area contributed by atoms with Crippen molar-refractivity contribution in [1.29, 1.82) is 0 Å². The highest BCUT2D eigenvalue weighted by Crippen LogP contribution is 2.20. The lowest BCUT2D eigenvalue weighted by atomic mass is 10.3. The Hall–Kier alpha value is -1.77. The summed E-state index contributed by atoms with van der Waals surface area (Å²) in [6, 6.07) is 9.66. The Labute approximate surface area is 88.1 Å². The molecular weight excluding hydrogens is 190 g/mol. The predicted molar refractivity (Wildman–Crippen MR) is 58.8 cm³/mol. The summed E-state index contributed by atoms with van der Waals surface area (Å²) in [5.41, 5.74) is 0.983. The molecule has 0 amide bonds. The number of H-pyrrole nitrogens is 1. The minimum Gasteiger partial charge on any atom is -0.409 e. The van der Waals surface area contributed by atoms with Crippen LogP contribution >= 0.6 is 0 Å². The normalized spacial score (nSPS) is 10.5. The van der Waals surface area contributed by atoms with Crippen LogP contribution in [-0.2, 0) is 4.79 Å². The first-order chi connectivity index (χ1) is 7.29. The van der Waals surface area contributed by atoms with Crippen molar-refractivity contribution in [3.63, 3.8) is 0 Å². The fourth-order valence-corrected chi connectivity index (χ4v) is 1.48. The van der Waals surface area contributed by atoms with Crippen LogP contribution in [0.5, 0.6) is 5.88 Å². The predicted octanol–water partition coefficient (Wildman–Crippen LogP) is 2.87. The molecule has 2 aromatic rings. The van der Waals surface area contributed by atoms with E-state index in [-0.39, 0.29) is 5.97 Å². The smallest absolute Gasteiger partial charge is 0.312 e. The highest BCUT2D eigenvalue weighted by Gasteiger charge is 2.05. The fourth-order valence-electron chi connectivity index (χ4n) is 1.48. The third-order valence-corrected chi connectivity index (χ3v) is 2.18. The number of carbonyl (C=O) groups is 1. The topological polar surface area (TPSA) is 42.1 Å². The number of carbonyl (C=O) groups excluding carboxylic acids is 1. The van der Waals surface area contributed by atoms with Crippen molar-refractivity contribution in [2.24, 2.45) is 0 Å². The van der Waals surface area contributed by atoms with Gasteiger partial charge in [-0.1, -0.05) is 25.1 Å². The third-order valence-electron chi connectivity index (χ3n) is 2.18. The van der Waals surface area contributed by atoms with Gasteiger partial charge < -0.3 is 9.72 Å². The molecule has 1 N–H and O–H groups in total. The van der Waals surface area contributed by atoms with Crippen LogP contribution < -0.4 is 4.74 Å². The maximum absolute atomic E-state index is 11.2. The highest BCUT2D eigenvalue weighted by atomic mass is 16.5. The molecule has 0 unspecified atom stereocenters. The van der Waals surface area contributed by atoms with Crippen LogP contribution in [-0.4, -0.2) is 11.0 Å². The number of hydrogen-bond donors (Lipinski definition) is 1. The van der Waals surface area contributed by atoms with Crippen molar-refractivity contribution in [2.45, 2.75) is 19.8 Å². The van der Waals surface area contributed by atoms with Gasteiger partial charge in [0, 0.05) is 23.4 Å². The first-order valence-corrected chi connectivity index (χ1v) is 5.08. The number of esters is 1. The minimum absolute atomic E-state index is 0.191. The van der Waals surface area contributed by atoms with Crippen LogP contribution in [0.3, 0.4) is 0 Å². The van der Waals surface area contributed by atoms with Crippen molar-refractivity contribution in [2.75, 3.05) is 0 Å². The Bertz CT molecular complexity index is 440. The molecule has 0 radical (unpaired) electrons. The first kappa shape index (κ1) is 9.77. The van der Waals surface area contributed by atoms with Gasteiger partial charge in [-0.25, -0.2) is 0 Å². The summed E-state index contributed by atoms with van der Waals surface area (Å²) in [4.78, 5) is 14.3. The van der Waals surface area contributed by atoms with Crippen molar-refractivity contribution >= 4 is 16.9 Å². The summed E-state index contributed by atoms with van der Waals surface area (Å²) in [5.74, 6) is 0.332. The largest absolute Gasteiger partial charge is 0.409 e. The van der Waals surface area contributed by atoms with E-state index in [4.69, 9.17) is 4.74 Å². The zero-order chi connectivity index (χ0) is 10.7. The second-order valence-corrected chi connectivity index (χ2v) is 3.44. The third kappa shape index (κ3) is 2.18. The number of hydrogen-bond acceptors (Lipinski definition) is 2. The molecule has 2 rings (SSSR count). The van der Waals surface area contributed by atoms with E-state index in [1.54, 1.807) is 0 Å². The number of aromatic nitrogens is 1.